The Hall–Kier alpha value is -2.09. The van der Waals surface area contributed by atoms with E-state index in [0.717, 1.165) is 25.7 Å². The van der Waals surface area contributed by atoms with E-state index in [0.29, 0.717) is 10.2 Å². The highest BCUT2D eigenvalue weighted by Gasteiger charge is 2.23. The molecule has 1 fully saturated rings. The second-order valence-corrected chi connectivity index (χ2v) is 6.70. The number of halogens is 1. The molecule has 7 nitrogen and oxygen atoms in total. The first kappa shape index (κ1) is 19.2. The quantitative estimate of drug-likeness (QED) is 0.725. The maximum atomic E-state index is 12.1. The number of carbonyl (C=O) groups excluding carboxylic acids is 3. The van der Waals surface area contributed by atoms with E-state index in [-0.39, 0.29) is 11.6 Å². The van der Waals surface area contributed by atoms with Gasteiger partial charge in [-0.3, -0.25) is 10.1 Å². The summed E-state index contributed by atoms with van der Waals surface area (Å²) in [5, 5.41) is 4.94. The molecule has 0 saturated heterocycles. The Morgan fingerprint density at radius 3 is 2.52 bits per heavy atom. The van der Waals surface area contributed by atoms with Gasteiger partial charge in [-0.05, 0) is 53.9 Å². The number of hydrogen-bond donors (Lipinski definition) is 2. The molecule has 8 heteroatoms. The highest BCUT2D eigenvalue weighted by atomic mass is 79.9. The summed E-state index contributed by atoms with van der Waals surface area (Å²) in [6.45, 7) is 1.41. The van der Waals surface area contributed by atoms with Crippen LogP contribution in [0.15, 0.2) is 22.7 Å². The van der Waals surface area contributed by atoms with Gasteiger partial charge in [-0.15, -0.1) is 0 Å². The smallest absolute Gasteiger partial charge is 0.338 e. The van der Waals surface area contributed by atoms with Gasteiger partial charge in [-0.1, -0.05) is 12.8 Å². The van der Waals surface area contributed by atoms with Gasteiger partial charge in [0.1, 0.15) is 5.75 Å². The normalized spacial score (nSPS) is 15.3. The topological polar surface area (TPSA) is 93.7 Å². The first-order valence-electron chi connectivity index (χ1n) is 8.06. The molecule has 2 rings (SSSR count). The Balaban J connectivity index is 1.86. The van der Waals surface area contributed by atoms with Gasteiger partial charge in [-0.25, -0.2) is 9.59 Å². The zero-order valence-corrected chi connectivity index (χ0v) is 15.7. The van der Waals surface area contributed by atoms with Crippen molar-refractivity contribution in [3.05, 3.63) is 28.2 Å². The van der Waals surface area contributed by atoms with Crippen molar-refractivity contribution in [3.63, 3.8) is 0 Å². The maximum Gasteiger partial charge on any atom is 0.338 e. The van der Waals surface area contributed by atoms with E-state index in [4.69, 9.17) is 9.47 Å². The van der Waals surface area contributed by atoms with Crippen molar-refractivity contribution < 1.29 is 23.9 Å². The summed E-state index contributed by atoms with van der Waals surface area (Å²) in [4.78, 5) is 35.9. The van der Waals surface area contributed by atoms with E-state index < -0.39 is 24.0 Å². The maximum absolute atomic E-state index is 12.1. The van der Waals surface area contributed by atoms with Gasteiger partial charge in [0.15, 0.2) is 6.10 Å². The summed E-state index contributed by atoms with van der Waals surface area (Å²) in [6, 6.07) is 4.22. The van der Waals surface area contributed by atoms with Gasteiger partial charge in [0.25, 0.3) is 5.91 Å². The van der Waals surface area contributed by atoms with Crippen LogP contribution in [0.4, 0.5) is 4.79 Å². The lowest BCUT2D eigenvalue weighted by Crippen LogP contribution is -2.47. The van der Waals surface area contributed by atoms with Crippen LogP contribution in [0.2, 0.25) is 0 Å². The summed E-state index contributed by atoms with van der Waals surface area (Å²) >= 11 is 3.28. The fourth-order valence-electron chi connectivity index (χ4n) is 2.58. The second-order valence-electron chi connectivity index (χ2n) is 5.84. The Labute approximate surface area is 154 Å². The highest BCUT2D eigenvalue weighted by molar-refractivity contribution is 9.10. The van der Waals surface area contributed by atoms with Crippen LogP contribution in [0.5, 0.6) is 5.75 Å². The van der Waals surface area contributed by atoms with Crippen molar-refractivity contribution in [1.29, 1.82) is 0 Å². The van der Waals surface area contributed by atoms with Gasteiger partial charge < -0.3 is 14.8 Å². The largest absolute Gasteiger partial charge is 0.496 e. The number of amides is 3. The number of rotatable bonds is 5. The third-order valence-electron chi connectivity index (χ3n) is 3.97. The number of carbonyl (C=O) groups is 3. The zero-order valence-electron chi connectivity index (χ0n) is 14.1. The van der Waals surface area contributed by atoms with Crippen LogP contribution >= 0.6 is 15.9 Å². The molecule has 0 aliphatic heterocycles. The van der Waals surface area contributed by atoms with Crippen LogP contribution in [0, 0.1) is 0 Å². The molecule has 136 valence electrons. The zero-order chi connectivity index (χ0) is 18.4. The van der Waals surface area contributed by atoms with E-state index in [2.05, 4.69) is 26.6 Å². The lowest BCUT2D eigenvalue weighted by Gasteiger charge is -2.15. The van der Waals surface area contributed by atoms with Gasteiger partial charge in [0, 0.05) is 6.04 Å². The second kappa shape index (κ2) is 8.84. The summed E-state index contributed by atoms with van der Waals surface area (Å²) in [5.41, 5.74) is 0.266. The molecular weight excluding hydrogens is 392 g/mol. The van der Waals surface area contributed by atoms with Gasteiger partial charge >= 0.3 is 12.0 Å². The summed E-state index contributed by atoms with van der Waals surface area (Å²) in [6.07, 6.45) is 2.88. The lowest BCUT2D eigenvalue weighted by molar-refractivity contribution is -0.127. The first-order chi connectivity index (χ1) is 11.9. The first-order valence-corrected chi connectivity index (χ1v) is 8.86. The molecule has 1 atom stereocenters. The molecule has 1 saturated carbocycles. The summed E-state index contributed by atoms with van der Waals surface area (Å²) in [5.74, 6) is -0.760. The Morgan fingerprint density at radius 2 is 1.92 bits per heavy atom. The standard InChI is InChI=1S/C17H21BrN2O5/c1-10(15(21)20-17(23)19-12-5-3-4-6-12)25-16(22)11-7-8-14(24-2)13(18)9-11/h7-10,12H,3-6H2,1-2H3,(H2,19,20,21,23)/t10-/m0/s1. The van der Waals surface area contributed by atoms with Crippen molar-refractivity contribution in [3.8, 4) is 5.75 Å². The number of nitrogens with one attached hydrogen (secondary N) is 2. The minimum absolute atomic E-state index is 0.0994. The number of imide groups is 1. The third kappa shape index (κ3) is 5.45. The van der Waals surface area contributed by atoms with Gasteiger partial charge in [-0.2, -0.15) is 0 Å². The number of methoxy groups -OCH3 is 1. The molecule has 1 aliphatic carbocycles. The minimum Gasteiger partial charge on any atom is -0.496 e. The van der Waals surface area contributed by atoms with Crippen molar-refractivity contribution in [2.75, 3.05) is 7.11 Å². The predicted molar refractivity (Wildman–Crippen MR) is 94.5 cm³/mol. The van der Waals surface area contributed by atoms with Crippen LogP contribution in [0.25, 0.3) is 0 Å². The molecule has 0 unspecified atom stereocenters. The van der Waals surface area contributed by atoms with Crippen LogP contribution in [0.3, 0.4) is 0 Å². The number of ether oxygens (including phenoxy) is 2. The lowest BCUT2D eigenvalue weighted by atomic mass is 10.2. The Morgan fingerprint density at radius 1 is 1.24 bits per heavy atom. The van der Waals surface area contributed by atoms with E-state index in [1.54, 1.807) is 12.1 Å². The molecule has 0 bridgehead atoms. The van der Waals surface area contributed by atoms with Crippen LogP contribution < -0.4 is 15.4 Å². The average Bonchev–Trinajstić information content (AvgIpc) is 3.07. The van der Waals surface area contributed by atoms with E-state index in [1.807, 2.05) is 0 Å². The Kier molecular flexibility index (Phi) is 6.81. The number of esters is 1. The fraction of sp³-hybridized carbons (Fsp3) is 0.471. The van der Waals surface area contributed by atoms with Gasteiger partial charge in [0.05, 0.1) is 17.1 Å². The van der Waals surface area contributed by atoms with Crippen LogP contribution in [0.1, 0.15) is 43.0 Å². The molecule has 0 aromatic heterocycles. The average molecular weight is 413 g/mol. The van der Waals surface area contributed by atoms with E-state index in [1.165, 1.54) is 20.1 Å². The molecular formula is C17H21BrN2O5. The third-order valence-corrected chi connectivity index (χ3v) is 4.59. The van der Waals surface area contributed by atoms with Crippen LogP contribution in [-0.4, -0.2) is 37.2 Å². The molecule has 1 aromatic rings. The summed E-state index contributed by atoms with van der Waals surface area (Å²) < 4.78 is 10.8. The van der Waals surface area contributed by atoms with Crippen molar-refractivity contribution >= 4 is 33.8 Å². The molecule has 25 heavy (non-hydrogen) atoms. The fourth-order valence-corrected chi connectivity index (χ4v) is 3.12. The molecule has 0 spiro atoms. The van der Waals surface area contributed by atoms with E-state index in [9.17, 15) is 14.4 Å². The highest BCUT2D eigenvalue weighted by Crippen LogP contribution is 2.26. The molecule has 0 radical (unpaired) electrons. The van der Waals surface area contributed by atoms with Crippen molar-refractivity contribution in [1.82, 2.24) is 10.6 Å². The number of hydrogen-bond acceptors (Lipinski definition) is 5. The number of urea groups is 1. The minimum atomic E-state index is -1.09. The van der Waals surface area contributed by atoms with Crippen LogP contribution in [-0.2, 0) is 9.53 Å². The van der Waals surface area contributed by atoms with Crippen molar-refractivity contribution in [2.45, 2.75) is 44.8 Å². The van der Waals surface area contributed by atoms with Crippen molar-refractivity contribution in [2.24, 2.45) is 0 Å². The molecule has 1 aromatic carbocycles. The molecule has 2 N–H and O–H groups in total. The molecule has 1 aliphatic rings. The predicted octanol–water partition coefficient (Wildman–Crippen LogP) is 2.77. The SMILES string of the molecule is COc1ccc(C(=O)O[C@@H](C)C(=O)NC(=O)NC2CCCC2)cc1Br. The Bertz CT molecular complexity index is 658. The van der Waals surface area contributed by atoms with E-state index >= 15 is 0 Å². The molecule has 3 amide bonds. The monoisotopic (exact) mass is 412 g/mol. The number of benzene rings is 1. The molecule has 0 heterocycles. The summed E-state index contributed by atoms with van der Waals surface area (Å²) in [7, 11) is 1.52. The van der Waals surface area contributed by atoms with Gasteiger partial charge in [0.2, 0.25) is 0 Å².